The summed E-state index contributed by atoms with van der Waals surface area (Å²) in [6.45, 7) is 10.1. The monoisotopic (exact) mass is 381 g/mol. The van der Waals surface area contributed by atoms with E-state index in [0.717, 1.165) is 37.2 Å². The lowest BCUT2D eigenvalue weighted by Crippen LogP contribution is -2.47. The van der Waals surface area contributed by atoms with Crippen LogP contribution in [0.25, 0.3) is 0 Å². The normalized spacial score (nSPS) is 21.6. The first kappa shape index (κ1) is 20.1. The third-order valence-electron chi connectivity index (χ3n) is 6.21. The summed E-state index contributed by atoms with van der Waals surface area (Å²) in [6, 6.07) is 5.98. The molecule has 146 valence electrons. The summed E-state index contributed by atoms with van der Waals surface area (Å²) in [5.74, 6) is 0.446. The van der Waals surface area contributed by atoms with Crippen LogP contribution in [0.5, 0.6) is 0 Å². The van der Waals surface area contributed by atoms with E-state index in [1.165, 1.54) is 51.9 Å². The number of rotatable bonds is 6. The first-order chi connectivity index (χ1) is 12.5. The van der Waals surface area contributed by atoms with Gasteiger partial charge in [-0.05, 0) is 89.1 Å². The van der Waals surface area contributed by atoms with Crippen LogP contribution in [0.1, 0.15) is 38.2 Å². The molecular formula is C21H33ClFN3. The number of halogens is 2. The Labute approximate surface area is 163 Å². The molecule has 2 fully saturated rings. The quantitative estimate of drug-likeness (QED) is 0.734. The summed E-state index contributed by atoms with van der Waals surface area (Å²) in [7, 11) is 2.23. The molecule has 0 bridgehead atoms. The molecule has 0 saturated carbocycles. The Morgan fingerprint density at radius 1 is 1.12 bits per heavy atom. The van der Waals surface area contributed by atoms with Crippen molar-refractivity contribution in [2.45, 2.75) is 45.2 Å². The van der Waals surface area contributed by atoms with Crippen LogP contribution in [-0.2, 0) is 6.54 Å². The highest BCUT2D eigenvalue weighted by atomic mass is 35.5. The third kappa shape index (κ3) is 5.41. The molecule has 5 heteroatoms. The van der Waals surface area contributed by atoms with Gasteiger partial charge in [-0.25, -0.2) is 4.39 Å². The van der Waals surface area contributed by atoms with Gasteiger partial charge in [0.2, 0.25) is 0 Å². The van der Waals surface area contributed by atoms with Gasteiger partial charge in [-0.3, -0.25) is 4.90 Å². The Morgan fingerprint density at radius 3 is 2.42 bits per heavy atom. The van der Waals surface area contributed by atoms with Crippen LogP contribution in [0, 0.1) is 11.7 Å². The van der Waals surface area contributed by atoms with Crippen LogP contribution in [0.2, 0.25) is 5.02 Å². The Hall–Kier alpha value is -0.680. The largest absolute Gasteiger partial charge is 0.306 e. The van der Waals surface area contributed by atoms with Gasteiger partial charge in [0.1, 0.15) is 5.82 Å². The number of hydrogen-bond donors (Lipinski definition) is 0. The molecule has 26 heavy (non-hydrogen) atoms. The lowest BCUT2D eigenvalue weighted by molar-refractivity contribution is 0.0746. The second-order valence-electron chi connectivity index (χ2n) is 8.09. The van der Waals surface area contributed by atoms with Gasteiger partial charge >= 0.3 is 0 Å². The Morgan fingerprint density at radius 2 is 1.81 bits per heavy atom. The Kier molecular flexibility index (Phi) is 7.33. The predicted molar refractivity (Wildman–Crippen MR) is 107 cm³/mol. The summed E-state index contributed by atoms with van der Waals surface area (Å²) in [5.41, 5.74) is 1.01. The molecular weight excluding hydrogens is 349 g/mol. The van der Waals surface area contributed by atoms with Crippen molar-refractivity contribution in [3.8, 4) is 0 Å². The van der Waals surface area contributed by atoms with E-state index < -0.39 is 0 Å². The fourth-order valence-corrected chi connectivity index (χ4v) is 4.55. The minimum Gasteiger partial charge on any atom is -0.306 e. The molecule has 0 unspecified atom stereocenters. The lowest BCUT2D eigenvalue weighted by Gasteiger charge is -2.41. The summed E-state index contributed by atoms with van der Waals surface area (Å²) >= 11 is 5.80. The molecule has 0 spiro atoms. The van der Waals surface area contributed by atoms with Crippen molar-refractivity contribution < 1.29 is 4.39 Å². The average Bonchev–Trinajstić information content (AvgIpc) is 2.65. The SMILES string of the molecule is CCN(Cc1ccc(Cl)c(F)c1)CC1CCN(C2CCN(C)CC2)CC1. The van der Waals surface area contributed by atoms with Gasteiger partial charge in [-0.1, -0.05) is 24.6 Å². The second-order valence-corrected chi connectivity index (χ2v) is 8.50. The van der Waals surface area contributed by atoms with Gasteiger partial charge in [0, 0.05) is 19.1 Å². The van der Waals surface area contributed by atoms with Crippen molar-refractivity contribution in [2.24, 2.45) is 5.92 Å². The van der Waals surface area contributed by atoms with E-state index in [9.17, 15) is 4.39 Å². The van der Waals surface area contributed by atoms with Crippen molar-refractivity contribution in [2.75, 3.05) is 46.3 Å². The fraction of sp³-hybridized carbons (Fsp3) is 0.714. The molecule has 0 aromatic heterocycles. The predicted octanol–water partition coefficient (Wildman–Crippen LogP) is 4.11. The zero-order chi connectivity index (χ0) is 18.5. The van der Waals surface area contributed by atoms with Crippen molar-refractivity contribution in [1.82, 2.24) is 14.7 Å². The molecule has 2 heterocycles. The highest BCUT2D eigenvalue weighted by Crippen LogP contribution is 2.25. The lowest BCUT2D eigenvalue weighted by atomic mass is 9.93. The zero-order valence-corrected chi connectivity index (χ0v) is 17.0. The number of nitrogens with zero attached hydrogens (tertiary/aromatic N) is 3. The van der Waals surface area contributed by atoms with Gasteiger partial charge in [-0.15, -0.1) is 0 Å². The summed E-state index contributed by atoms with van der Waals surface area (Å²) in [4.78, 5) is 7.62. The highest BCUT2D eigenvalue weighted by molar-refractivity contribution is 6.30. The van der Waals surface area contributed by atoms with Crippen LogP contribution in [0.15, 0.2) is 18.2 Å². The van der Waals surface area contributed by atoms with Crippen molar-refractivity contribution in [1.29, 1.82) is 0 Å². The van der Waals surface area contributed by atoms with Gasteiger partial charge in [0.25, 0.3) is 0 Å². The van der Waals surface area contributed by atoms with Gasteiger partial charge in [0.15, 0.2) is 0 Å². The summed E-state index contributed by atoms with van der Waals surface area (Å²) in [6.07, 6.45) is 5.23. The molecule has 0 N–H and O–H groups in total. The molecule has 2 aliphatic rings. The van der Waals surface area contributed by atoms with Gasteiger partial charge in [0.05, 0.1) is 5.02 Å². The molecule has 1 aromatic rings. The molecule has 1 aromatic carbocycles. The molecule has 0 aliphatic carbocycles. The average molecular weight is 382 g/mol. The first-order valence-corrected chi connectivity index (χ1v) is 10.5. The van der Waals surface area contributed by atoms with Crippen LogP contribution in [0.3, 0.4) is 0 Å². The zero-order valence-electron chi connectivity index (χ0n) is 16.3. The maximum Gasteiger partial charge on any atom is 0.142 e. The summed E-state index contributed by atoms with van der Waals surface area (Å²) in [5, 5.41) is 0.207. The van der Waals surface area contributed by atoms with Crippen LogP contribution >= 0.6 is 11.6 Å². The third-order valence-corrected chi connectivity index (χ3v) is 6.51. The highest BCUT2D eigenvalue weighted by Gasteiger charge is 2.27. The molecule has 2 aliphatic heterocycles. The standard InChI is InChI=1S/C21H33ClFN3/c1-3-25(16-18-4-5-20(22)21(23)14-18)15-17-6-12-26(13-7-17)19-8-10-24(2)11-9-19/h4-5,14,17,19H,3,6-13,15-16H2,1-2H3. The van der Waals surface area contributed by atoms with E-state index in [1.807, 2.05) is 6.07 Å². The van der Waals surface area contributed by atoms with Crippen molar-refractivity contribution in [3.05, 3.63) is 34.6 Å². The van der Waals surface area contributed by atoms with Crippen LogP contribution in [0.4, 0.5) is 4.39 Å². The minimum atomic E-state index is -0.313. The van der Waals surface area contributed by atoms with Crippen molar-refractivity contribution >= 4 is 11.6 Å². The molecule has 2 saturated heterocycles. The molecule has 0 radical (unpaired) electrons. The first-order valence-electron chi connectivity index (χ1n) is 10.1. The minimum absolute atomic E-state index is 0.207. The number of likely N-dealkylation sites (tertiary alicyclic amines) is 2. The van der Waals surface area contributed by atoms with E-state index in [2.05, 4.69) is 28.7 Å². The van der Waals surface area contributed by atoms with E-state index in [1.54, 1.807) is 12.1 Å². The number of benzene rings is 1. The Balaban J connectivity index is 1.45. The van der Waals surface area contributed by atoms with Crippen molar-refractivity contribution in [3.63, 3.8) is 0 Å². The molecule has 3 nitrogen and oxygen atoms in total. The number of piperidine rings is 2. The smallest absolute Gasteiger partial charge is 0.142 e. The van der Waals surface area contributed by atoms with E-state index >= 15 is 0 Å². The van der Waals surface area contributed by atoms with E-state index in [4.69, 9.17) is 11.6 Å². The van der Waals surface area contributed by atoms with E-state index in [0.29, 0.717) is 0 Å². The van der Waals surface area contributed by atoms with Gasteiger partial charge < -0.3 is 9.80 Å². The fourth-order valence-electron chi connectivity index (χ4n) is 4.43. The number of hydrogen-bond acceptors (Lipinski definition) is 3. The second kappa shape index (κ2) is 9.50. The molecule has 3 rings (SSSR count). The maximum atomic E-state index is 13.7. The topological polar surface area (TPSA) is 9.72 Å². The summed E-state index contributed by atoms with van der Waals surface area (Å²) < 4.78 is 13.7. The molecule has 0 amide bonds. The van der Waals surface area contributed by atoms with E-state index in [-0.39, 0.29) is 10.8 Å². The van der Waals surface area contributed by atoms with Gasteiger partial charge in [-0.2, -0.15) is 0 Å². The molecule has 0 atom stereocenters. The van der Waals surface area contributed by atoms with Crippen LogP contribution < -0.4 is 0 Å². The Bertz CT molecular complexity index is 566. The van der Waals surface area contributed by atoms with Crippen LogP contribution in [-0.4, -0.2) is 67.1 Å². The maximum absolute atomic E-state index is 13.7.